The molecule has 90 valence electrons. The third-order valence-electron chi connectivity index (χ3n) is 2.47. The lowest BCUT2D eigenvalue weighted by Crippen LogP contribution is -2.25. The van der Waals surface area contributed by atoms with Gasteiger partial charge in [0.25, 0.3) is 0 Å². The molecule has 0 fully saturated rings. The Morgan fingerprint density at radius 3 is 2.25 bits per heavy atom. The quantitative estimate of drug-likeness (QED) is 0.837. The lowest BCUT2D eigenvalue weighted by Gasteiger charge is -2.23. The van der Waals surface area contributed by atoms with Crippen LogP contribution in [0.2, 0.25) is 0 Å². The van der Waals surface area contributed by atoms with Gasteiger partial charge in [0.05, 0.1) is 5.60 Å². The van der Waals surface area contributed by atoms with Crippen molar-refractivity contribution in [3.8, 4) is 0 Å². The molecule has 16 heavy (non-hydrogen) atoms. The summed E-state index contributed by atoms with van der Waals surface area (Å²) in [7, 11) is 1.64. The molecule has 0 aliphatic carbocycles. The Hall–Kier alpha value is -1.16. The van der Waals surface area contributed by atoms with E-state index >= 15 is 0 Å². The summed E-state index contributed by atoms with van der Waals surface area (Å²) in [6, 6.07) is 3.38. The van der Waals surface area contributed by atoms with Gasteiger partial charge in [0.1, 0.15) is 11.6 Å². The summed E-state index contributed by atoms with van der Waals surface area (Å²) in [5, 5.41) is 2.96. The summed E-state index contributed by atoms with van der Waals surface area (Å²) in [5.41, 5.74) is 0.211. The Morgan fingerprint density at radius 2 is 1.75 bits per heavy atom. The molecule has 4 heteroatoms. The zero-order chi connectivity index (χ0) is 12.2. The van der Waals surface area contributed by atoms with Gasteiger partial charge in [-0.1, -0.05) is 0 Å². The Morgan fingerprint density at radius 1 is 1.19 bits per heavy atom. The van der Waals surface area contributed by atoms with Crippen molar-refractivity contribution in [2.75, 3.05) is 19.0 Å². The highest BCUT2D eigenvalue weighted by molar-refractivity contribution is 5.43. The van der Waals surface area contributed by atoms with E-state index < -0.39 is 11.6 Å². The number of anilines is 1. The molecule has 1 rings (SSSR count). The van der Waals surface area contributed by atoms with Crippen molar-refractivity contribution in [2.24, 2.45) is 0 Å². The molecule has 0 saturated heterocycles. The van der Waals surface area contributed by atoms with Crippen LogP contribution in [0.4, 0.5) is 14.5 Å². The number of benzene rings is 1. The maximum absolute atomic E-state index is 12.9. The summed E-state index contributed by atoms with van der Waals surface area (Å²) >= 11 is 0. The van der Waals surface area contributed by atoms with E-state index in [0.29, 0.717) is 12.2 Å². The molecule has 0 aromatic heterocycles. The zero-order valence-electron chi connectivity index (χ0n) is 9.81. The third-order valence-corrected chi connectivity index (χ3v) is 2.47. The normalized spacial score (nSPS) is 11.6. The van der Waals surface area contributed by atoms with Gasteiger partial charge in [0.2, 0.25) is 0 Å². The Labute approximate surface area is 94.6 Å². The highest BCUT2D eigenvalue weighted by Crippen LogP contribution is 2.16. The lowest BCUT2D eigenvalue weighted by molar-refractivity contribution is 0.0185. The molecular formula is C12H17F2NO. The molecule has 0 aliphatic heterocycles. The van der Waals surface area contributed by atoms with Crippen LogP contribution in [-0.2, 0) is 4.74 Å². The zero-order valence-corrected chi connectivity index (χ0v) is 9.81. The second-order valence-corrected chi connectivity index (χ2v) is 4.30. The van der Waals surface area contributed by atoms with E-state index in [1.807, 2.05) is 13.8 Å². The van der Waals surface area contributed by atoms with Crippen LogP contribution in [0, 0.1) is 11.6 Å². The first-order valence-electron chi connectivity index (χ1n) is 5.18. The molecule has 0 spiro atoms. The molecule has 0 radical (unpaired) electrons. The standard InChI is InChI=1S/C12H17F2NO/c1-12(2,16-3)4-5-15-11-7-9(13)6-10(14)8-11/h6-8,15H,4-5H2,1-3H3. The summed E-state index contributed by atoms with van der Waals surface area (Å²) < 4.78 is 30.9. The molecule has 0 atom stereocenters. The SMILES string of the molecule is COC(C)(C)CCNc1cc(F)cc(F)c1. The fraction of sp³-hybridized carbons (Fsp3) is 0.500. The molecule has 0 unspecified atom stereocenters. The predicted octanol–water partition coefficient (Wildman–Crippen LogP) is 3.19. The maximum atomic E-state index is 12.9. The molecule has 0 saturated carbocycles. The van der Waals surface area contributed by atoms with Crippen molar-refractivity contribution in [2.45, 2.75) is 25.9 Å². The Bertz CT molecular complexity index is 333. The summed E-state index contributed by atoms with van der Waals surface area (Å²) in [4.78, 5) is 0. The summed E-state index contributed by atoms with van der Waals surface area (Å²) in [5.74, 6) is -1.15. The van der Waals surface area contributed by atoms with E-state index in [4.69, 9.17) is 4.74 Å². The molecule has 0 heterocycles. The number of halogens is 2. The van der Waals surface area contributed by atoms with E-state index in [0.717, 1.165) is 12.5 Å². The van der Waals surface area contributed by atoms with Crippen molar-refractivity contribution in [1.29, 1.82) is 0 Å². The van der Waals surface area contributed by atoms with E-state index in [2.05, 4.69) is 5.32 Å². The van der Waals surface area contributed by atoms with E-state index in [1.165, 1.54) is 12.1 Å². The van der Waals surface area contributed by atoms with Crippen molar-refractivity contribution in [3.05, 3.63) is 29.8 Å². The number of nitrogens with one attached hydrogen (secondary N) is 1. The van der Waals surface area contributed by atoms with Crippen molar-refractivity contribution < 1.29 is 13.5 Å². The number of hydrogen-bond donors (Lipinski definition) is 1. The van der Waals surface area contributed by atoms with Crippen LogP contribution >= 0.6 is 0 Å². The summed E-state index contributed by atoms with van der Waals surface area (Å²) in [6.45, 7) is 4.52. The highest BCUT2D eigenvalue weighted by Gasteiger charge is 2.15. The van der Waals surface area contributed by atoms with Crippen LogP contribution in [-0.4, -0.2) is 19.3 Å². The van der Waals surface area contributed by atoms with Gasteiger partial charge < -0.3 is 10.1 Å². The van der Waals surface area contributed by atoms with Gasteiger partial charge in [-0.3, -0.25) is 0 Å². The van der Waals surface area contributed by atoms with Crippen LogP contribution in [0.3, 0.4) is 0 Å². The first kappa shape index (κ1) is 12.9. The van der Waals surface area contributed by atoms with E-state index in [9.17, 15) is 8.78 Å². The largest absolute Gasteiger partial charge is 0.385 e. The van der Waals surface area contributed by atoms with Crippen molar-refractivity contribution in [3.63, 3.8) is 0 Å². The molecule has 1 aromatic carbocycles. The van der Waals surface area contributed by atoms with E-state index in [1.54, 1.807) is 7.11 Å². The van der Waals surface area contributed by atoms with Crippen molar-refractivity contribution in [1.82, 2.24) is 0 Å². The minimum atomic E-state index is -0.575. The first-order chi connectivity index (χ1) is 7.43. The van der Waals surface area contributed by atoms with Gasteiger partial charge >= 0.3 is 0 Å². The predicted molar refractivity (Wildman–Crippen MR) is 60.6 cm³/mol. The van der Waals surface area contributed by atoms with Crippen LogP contribution in [0.1, 0.15) is 20.3 Å². The number of ether oxygens (including phenoxy) is 1. The molecule has 0 bridgehead atoms. The third kappa shape index (κ3) is 4.14. The van der Waals surface area contributed by atoms with Crippen molar-refractivity contribution >= 4 is 5.69 Å². The van der Waals surface area contributed by atoms with Crippen LogP contribution in [0.25, 0.3) is 0 Å². The highest BCUT2D eigenvalue weighted by atomic mass is 19.1. The lowest BCUT2D eigenvalue weighted by atomic mass is 10.1. The second-order valence-electron chi connectivity index (χ2n) is 4.30. The fourth-order valence-corrected chi connectivity index (χ4v) is 1.27. The van der Waals surface area contributed by atoms with Gasteiger partial charge in [0, 0.05) is 25.4 Å². The van der Waals surface area contributed by atoms with Gasteiger partial charge in [-0.25, -0.2) is 8.78 Å². The van der Waals surface area contributed by atoms with Gasteiger partial charge in [-0.2, -0.15) is 0 Å². The topological polar surface area (TPSA) is 21.3 Å². The Balaban J connectivity index is 2.49. The average molecular weight is 229 g/mol. The minimum Gasteiger partial charge on any atom is -0.385 e. The molecular weight excluding hydrogens is 212 g/mol. The van der Waals surface area contributed by atoms with Gasteiger partial charge in [-0.15, -0.1) is 0 Å². The number of hydrogen-bond acceptors (Lipinski definition) is 2. The van der Waals surface area contributed by atoms with Gasteiger partial charge in [-0.05, 0) is 32.4 Å². The fourth-order valence-electron chi connectivity index (χ4n) is 1.27. The minimum absolute atomic E-state index is 0.237. The second kappa shape index (κ2) is 5.25. The summed E-state index contributed by atoms with van der Waals surface area (Å²) in [6.07, 6.45) is 0.752. The molecule has 1 aromatic rings. The van der Waals surface area contributed by atoms with Crippen LogP contribution in [0.5, 0.6) is 0 Å². The number of methoxy groups -OCH3 is 1. The Kier molecular flexibility index (Phi) is 4.24. The molecule has 2 nitrogen and oxygen atoms in total. The first-order valence-corrected chi connectivity index (χ1v) is 5.18. The van der Waals surface area contributed by atoms with Crippen LogP contribution < -0.4 is 5.32 Å². The number of rotatable bonds is 5. The van der Waals surface area contributed by atoms with Gasteiger partial charge in [0.15, 0.2) is 0 Å². The average Bonchev–Trinajstić information content (AvgIpc) is 2.16. The molecule has 0 amide bonds. The molecule has 0 aliphatic rings. The monoisotopic (exact) mass is 229 g/mol. The van der Waals surface area contributed by atoms with Crippen LogP contribution in [0.15, 0.2) is 18.2 Å². The van der Waals surface area contributed by atoms with E-state index in [-0.39, 0.29) is 5.60 Å². The maximum Gasteiger partial charge on any atom is 0.128 e. The smallest absolute Gasteiger partial charge is 0.128 e. The molecule has 1 N–H and O–H groups in total.